The van der Waals surface area contributed by atoms with E-state index < -0.39 is 23.4 Å². The summed E-state index contributed by atoms with van der Waals surface area (Å²) in [5.74, 6) is -1.32. The van der Waals surface area contributed by atoms with Crippen LogP contribution in [0, 0.1) is 23.5 Å². The second-order valence-electron chi connectivity index (χ2n) is 7.28. The van der Waals surface area contributed by atoms with Gasteiger partial charge in [0.2, 0.25) is 0 Å². The average molecular weight is 386 g/mol. The maximum absolute atomic E-state index is 13.7. The van der Waals surface area contributed by atoms with Crippen molar-refractivity contribution >= 4 is 11.8 Å². The van der Waals surface area contributed by atoms with E-state index >= 15 is 0 Å². The summed E-state index contributed by atoms with van der Waals surface area (Å²) in [7, 11) is 0. The lowest BCUT2D eigenvalue weighted by molar-refractivity contribution is 0.0931. The summed E-state index contributed by atoms with van der Waals surface area (Å²) < 4.78 is 27.4. The summed E-state index contributed by atoms with van der Waals surface area (Å²) in [6.07, 6.45) is 3.82. The molecule has 1 aliphatic rings. The molecule has 4 nitrogen and oxygen atoms in total. The Morgan fingerprint density at radius 2 is 1.21 bits per heavy atom. The summed E-state index contributed by atoms with van der Waals surface area (Å²) in [5, 5.41) is 5.62. The Morgan fingerprint density at radius 3 is 1.64 bits per heavy atom. The molecule has 0 radical (unpaired) electrons. The molecule has 2 aromatic carbocycles. The number of benzene rings is 2. The molecule has 0 spiro atoms. The van der Waals surface area contributed by atoms with Gasteiger partial charge in [-0.25, -0.2) is 8.78 Å². The molecule has 0 bridgehead atoms. The van der Waals surface area contributed by atoms with E-state index in [-0.39, 0.29) is 23.0 Å². The second kappa shape index (κ2) is 9.44. The summed E-state index contributed by atoms with van der Waals surface area (Å²) in [5.41, 5.74) is 0.0963. The first-order valence-electron chi connectivity index (χ1n) is 9.60. The lowest BCUT2D eigenvalue weighted by Crippen LogP contribution is -2.36. The third-order valence-electron chi connectivity index (χ3n) is 5.23. The van der Waals surface area contributed by atoms with Gasteiger partial charge in [-0.15, -0.1) is 0 Å². The van der Waals surface area contributed by atoms with Crippen molar-refractivity contribution in [2.45, 2.75) is 25.7 Å². The quantitative estimate of drug-likeness (QED) is 0.790. The monoisotopic (exact) mass is 386 g/mol. The molecule has 3 rings (SSSR count). The minimum absolute atomic E-state index is 0.0482. The van der Waals surface area contributed by atoms with Crippen molar-refractivity contribution in [1.82, 2.24) is 10.6 Å². The van der Waals surface area contributed by atoms with Gasteiger partial charge in [-0.3, -0.25) is 9.59 Å². The molecule has 0 unspecified atom stereocenters. The Balaban J connectivity index is 1.46. The molecule has 0 aliphatic heterocycles. The zero-order valence-electron chi connectivity index (χ0n) is 15.6. The van der Waals surface area contributed by atoms with Crippen molar-refractivity contribution in [1.29, 1.82) is 0 Å². The van der Waals surface area contributed by atoms with Crippen molar-refractivity contribution in [3.05, 3.63) is 71.3 Å². The number of hydrogen-bond donors (Lipinski definition) is 2. The summed E-state index contributed by atoms with van der Waals surface area (Å²) in [6.45, 7) is 0.954. The van der Waals surface area contributed by atoms with Crippen LogP contribution in [0.15, 0.2) is 48.5 Å². The van der Waals surface area contributed by atoms with Gasteiger partial charge in [0.05, 0.1) is 11.1 Å². The molecule has 0 saturated heterocycles. The van der Waals surface area contributed by atoms with Gasteiger partial charge >= 0.3 is 0 Å². The predicted octanol–water partition coefficient (Wildman–Crippen LogP) is 3.93. The van der Waals surface area contributed by atoms with Gasteiger partial charge < -0.3 is 10.6 Å². The maximum Gasteiger partial charge on any atom is 0.254 e. The van der Waals surface area contributed by atoms with Crippen LogP contribution in [0.1, 0.15) is 46.4 Å². The van der Waals surface area contributed by atoms with Crippen LogP contribution in [0.25, 0.3) is 0 Å². The first-order chi connectivity index (χ1) is 13.5. The third-order valence-corrected chi connectivity index (χ3v) is 5.23. The smallest absolute Gasteiger partial charge is 0.254 e. The first kappa shape index (κ1) is 20.0. The SMILES string of the molecule is O=C(NC[C@H]1CCC[C@@H](CNC(=O)c2ccccc2F)C1)c1ccccc1F. The van der Waals surface area contributed by atoms with Crippen molar-refractivity contribution in [2.24, 2.45) is 11.8 Å². The molecule has 0 heterocycles. The Labute approximate surface area is 163 Å². The summed E-state index contributed by atoms with van der Waals surface area (Å²) in [4.78, 5) is 24.3. The number of halogens is 2. The molecule has 28 heavy (non-hydrogen) atoms. The highest BCUT2D eigenvalue weighted by Gasteiger charge is 2.24. The highest BCUT2D eigenvalue weighted by Crippen LogP contribution is 2.28. The molecule has 2 amide bonds. The summed E-state index contributed by atoms with van der Waals surface area (Å²) in [6, 6.07) is 11.8. The van der Waals surface area contributed by atoms with Crippen LogP contribution in [0.3, 0.4) is 0 Å². The number of amides is 2. The molecule has 2 atom stereocenters. The van der Waals surface area contributed by atoms with Gasteiger partial charge in [0.1, 0.15) is 11.6 Å². The van der Waals surface area contributed by atoms with Crippen LogP contribution < -0.4 is 10.6 Å². The molecule has 2 N–H and O–H groups in total. The fourth-order valence-electron chi connectivity index (χ4n) is 3.73. The topological polar surface area (TPSA) is 58.2 Å². The number of hydrogen-bond acceptors (Lipinski definition) is 2. The van der Waals surface area contributed by atoms with Gasteiger partial charge in [0.25, 0.3) is 11.8 Å². The summed E-state index contributed by atoms with van der Waals surface area (Å²) >= 11 is 0. The highest BCUT2D eigenvalue weighted by molar-refractivity contribution is 5.94. The van der Waals surface area contributed by atoms with E-state index in [0.717, 1.165) is 25.7 Å². The molecular weight excluding hydrogens is 362 g/mol. The number of nitrogens with one attached hydrogen (secondary N) is 2. The first-order valence-corrected chi connectivity index (χ1v) is 9.60. The predicted molar refractivity (Wildman–Crippen MR) is 103 cm³/mol. The van der Waals surface area contributed by atoms with E-state index in [1.165, 1.54) is 24.3 Å². The molecule has 2 aromatic rings. The minimum Gasteiger partial charge on any atom is -0.352 e. The van der Waals surface area contributed by atoms with Crippen LogP contribution in [0.2, 0.25) is 0 Å². The third kappa shape index (κ3) is 5.15. The number of rotatable bonds is 6. The van der Waals surface area contributed by atoms with Gasteiger partial charge in [0, 0.05) is 13.1 Å². The molecule has 148 valence electrons. The fraction of sp³-hybridized carbons (Fsp3) is 0.364. The largest absolute Gasteiger partial charge is 0.352 e. The standard InChI is InChI=1S/C22H24F2N2O2/c23-19-10-3-1-8-17(19)21(27)25-13-15-6-5-7-16(12-15)14-26-22(28)18-9-2-4-11-20(18)24/h1-4,8-11,15-16H,5-7,12-14H2,(H,25,27)(H,26,28)/t15-,16+. The molecule has 6 heteroatoms. The second-order valence-corrected chi connectivity index (χ2v) is 7.28. The molecule has 1 saturated carbocycles. The fourth-order valence-corrected chi connectivity index (χ4v) is 3.73. The maximum atomic E-state index is 13.7. The van der Waals surface area contributed by atoms with E-state index in [4.69, 9.17) is 0 Å². The normalized spacial score (nSPS) is 19.1. The molecular formula is C22H24F2N2O2. The zero-order valence-corrected chi connectivity index (χ0v) is 15.6. The van der Waals surface area contributed by atoms with Crippen molar-refractivity contribution in [3.8, 4) is 0 Å². The Morgan fingerprint density at radius 1 is 0.786 bits per heavy atom. The van der Waals surface area contributed by atoms with E-state index in [1.54, 1.807) is 24.3 Å². The van der Waals surface area contributed by atoms with E-state index in [1.807, 2.05) is 0 Å². The van der Waals surface area contributed by atoms with E-state index in [9.17, 15) is 18.4 Å². The molecule has 1 aliphatic carbocycles. The van der Waals surface area contributed by atoms with Gasteiger partial charge in [-0.2, -0.15) is 0 Å². The number of carbonyl (C=O) groups excluding carboxylic acids is 2. The minimum atomic E-state index is -0.530. The van der Waals surface area contributed by atoms with Gasteiger partial charge in [0.15, 0.2) is 0 Å². The zero-order chi connectivity index (χ0) is 19.9. The molecule has 0 aromatic heterocycles. The van der Waals surface area contributed by atoms with Crippen LogP contribution in [-0.4, -0.2) is 24.9 Å². The Kier molecular flexibility index (Phi) is 6.74. The molecule has 1 fully saturated rings. The van der Waals surface area contributed by atoms with E-state index in [0.29, 0.717) is 13.1 Å². The van der Waals surface area contributed by atoms with Crippen LogP contribution >= 0.6 is 0 Å². The number of carbonyl (C=O) groups is 2. The van der Waals surface area contributed by atoms with Crippen LogP contribution in [-0.2, 0) is 0 Å². The van der Waals surface area contributed by atoms with Crippen molar-refractivity contribution < 1.29 is 18.4 Å². The van der Waals surface area contributed by atoms with E-state index in [2.05, 4.69) is 10.6 Å². The Bertz CT molecular complexity index is 773. The lowest BCUT2D eigenvalue weighted by Gasteiger charge is -2.29. The van der Waals surface area contributed by atoms with Crippen molar-refractivity contribution in [2.75, 3.05) is 13.1 Å². The van der Waals surface area contributed by atoms with Gasteiger partial charge in [-0.05, 0) is 55.4 Å². The van der Waals surface area contributed by atoms with Crippen molar-refractivity contribution in [3.63, 3.8) is 0 Å². The van der Waals surface area contributed by atoms with Crippen LogP contribution in [0.5, 0.6) is 0 Å². The average Bonchev–Trinajstić information content (AvgIpc) is 2.71. The Hall–Kier alpha value is -2.76. The van der Waals surface area contributed by atoms with Crippen LogP contribution in [0.4, 0.5) is 8.78 Å². The lowest BCUT2D eigenvalue weighted by atomic mass is 9.81. The van der Waals surface area contributed by atoms with Gasteiger partial charge in [-0.1, -0.05) is 30.7 Å². The highest BCUT2D eigenvalue weighted by atomic mass is 19.1.